The second-order valence-corrected chi connectivity index (χ2v) is 4.06. The van der Waals surface area contributed by atoms with Gasteiger partial charge in [-0.15, -0.1) is 0 Å². The summed E-state index contributed by atoms with van der Waals surface area (Å²) >= 11 is 0. The summed E-state index contributed by atoms with van der Waals surface area (Å²) in [5.74, 6) is 0. The Morgan fingerprint density at radius 1 is 1.07 bits per heavy atom. The van der Waals surface area contributed by atoms with Crippen molar-refractivity contribution < 1.29 is 0 Å². The van der Waals surface area contributed by atoms with E-state index in [9.17, 15) is 0 Å². The van der Waals surface area contributed by atoms with Gasteiger partial charge in [-0.1, -0.05) is 30.3 Å². The monoisotopic (exact) mass is 198 g/mol. The number of imidazole rings is 1. The number of benzene rings is 1. The standard InChI is InChI=1S/C13H14N2/c1-2-6-11(7-3-1)13-12-8-4-5-9-15(12)10-14-13/h1-3,6-7,10H,4-5,8-9H2. The molecule has 76 valence electrons. The summed E-state index contributed by atoms with van der Waals surface area (Å²) in [6.07, 6.45) is 5.74. The molecule has 2 heteroatoms. The highest BCUT2D eigenvalue weighted by Gasteiger charge is 2.15. The van der Waals surface area contributed by atoms with Gasteiger partial charge in [0, 0.05) is 17.8 Å². The second kappa shape index (κ2) is 3.54. The quantitative estimate of drug-likeness (QED) is 0.689. The van der Waals surface area contributed by atoms with Crippen molar-refractivity contribution >= 4 is 0 Å². The Labute approximate surface area is 89.6 Å². The lowest BCUT2D eigenvalue weighted by Gasteiger charge is -2.15. The molecule has 0 saturated heterocycles. The van der Waals surface area contributed by atoms with Crippen molar-refractivity contribution in [3.05, 3.63) is 42.4 Å². The molecule has 1 aliphatic heterocycles. The predicted octanol–water partition coefficient (Wildman–Crippen LogP) is 2.89. The summed E-state index contributed by atoms with van der Waals surface area (Å²) in [5, 5.41) is 0. The fourth-order valence-electron chi connectivity index (χ4n) is 2.27. The Hall–Kier alpha value is -1.57. The largest absolute Gasteiger partial charge is 0.334 e. The smallest absolute Gasteiger partial charge is 0.0956 e. The fourth-order valence-corrected chi connectivity index (χ4v) is 2.27. The number of nitrogens with zero attached hydrogens (tertiary/aromatic N) is 2. The van der Waals surface area contributed by atoms with Gasteiger partial charge in [-0.25, -0.2) is 4.98 Å². The van der Waals surface area contributed by atoms with Gasteiger partial charge in [0.2, 0.25) is 0 Å². The topological polar surface area (TPSA) is 17.8 Å². The molecule has 2 aromatic rings. The van der Waals surface area contributed by atoms with E-state index in [0.29, 0.717) is 0 Å². The molecule has 1 aromatic heterocycles. The average molecular weight is 198 g/mol. The van der Waals surface area contributed by atoms with E-state index in [4.69, 9.17) is 0 Å². The summed E-state index contributed by atoms with van der Waals surface area (Å²) in [4.78, 5) is 4.53. The first-order valence-corrected chi connectivity index (χ1v) is 5.54. The van der Waals surface area contributed by atoms with Gasteiger partial charge in [-0.2, -0.15) is 0 Å². The van der Waals surface area contributed by atoms with E-state index >= 15 is 0 Å². The molecule has 0 amide bonds. The maximum atomic E-state index is 4.53. The number of rotatable bonds is 1. The molecule has 2 nitrogen and oxygen atoms in total. The summed E-state index contributed by atoms with van der Waals surface area (Å²) in [6.45, 7) is 1.13. The molecule has 0 radical (unpaired) electrons. The number of aromatic nitrogens is 2. The van der Waals surface area contributed by atoms with Crippen molar-refractivity contribution in [3.8, 4) is 11.3 Å². The van der Waals surface area contributed by atoms with Crippen molar-refractivity contribution in [2.75, 3.05) is 0 Å². The minimum absolute atomic E-state index is 1.13. The van der Waals surface area contributed by atoms with Crippen molar-refractivity contribution in [1.82, 2.24) is 9.55 Å². The average Bonchev–Trinajstić information content (AvgIpc) is 2.74. The molecule has 3 rings (SSSR count). The SMILES string of the molecule is c1ccc(-c2ncn3c2CCCC3)cc1. The van der Waals surface area contributed by atoms with Gasteiger partial charge in [0.1, 0.15) is 0 Å². The van der Waals surface area contributed by atoms with Crippen LogP contribution in [-0.2, 0) is 13.0 Å². The highest BCUT2D eigenvalue weighted by Crippen LogP contribution is 2.26. The molecule has 0 unspecified atom stereocenters. The van der Waals surface area contributed by atoms with Crippen molar-refractivity contribution in [1.29, 1.82) is 0 Å². The van der Waals surface area contributed by atoms with Gasteiger partial charge in [-0.3, -0.25) is 0 Å². The fraction of sp³-hybridized carbons (Fsp3) is 0.308. The predicted molar refractivity (Wildman–Crippen MR) is 60.6 cm³/mol. The molecule has 0 saturated carbocycles. The normalized spacial score (nSPS) is 14.9. The summed E-state index contributed by atoms with van der Waals surface area (Å²) in [5.41, 5.74) is 3.83. The molecular formula is C13H14N2. The zero-order valence-corrected chi connectivity index (χ0v) is 8.69. The molecule has 0 N–H and O–H groups in total. The van der Waals surface area contributed by atoms with Crippen LogP contribution < -0.4 is 0 Å². The molecule has 0 spiro atoms. The molecule has 15 heavy (non-hydrogen) atoms. The first-order chi connectivity index (χ1) is 7.45. The highest BCUT2D eigenvalue weighted by atomic mass is 15.1. The van der Waals surface area contributed by atoms with Crippen LogP contribution in [0.25, 0.3) is 11.3 Å². The lowest BCUT2D eigenvalue weighted by Crippen LogP contribution is -2.09. The Bertz CT molecular complexity index is 457. The van der Waals surface area contributed by atoms with E-state index < -0.39 is 0 Å². The van der Waals surface area contributed by atoms with E-state index in [0.717, 1.165) is 6.54 Å². The third-order valence-corrected chi connectivity index (χ3v) is 3.06. The van der Waals surface area contributed by atoms with Crippen LogP contribution in [-0.4, -0.2) is 9.55 Å². The maximum Gasteiger partial charge on any atom is 0.0956 e. The summed E-state index contributed by atoms with van der Waals surface area (Å²) < 4.78 is 2.30. The molecule has 0 fully saturated rings. The van der Waals surface area contributed by atoms with E-state index in [1.165, 1.54) is 36.2 Å². The number of hydrogen-bond donors (Lipinski definition) is 0. The van der Waals surface area contributed by atoms with Gasteiger partial charge in [-0.05, 0) is 19.3 Å². The molecule has 0 bridgehead atoms. The van der Waals surface area contributed by atoms with E-state index in [-0.39, 0.29) is 0 Å². The zero-order valence-electron chi connectivity index (χ0n) is 8.69. The van der Waals surface area contributed by atoms with Crippen molar-refractivity contribution in [2.24, 2.45) is 0 Å². The number of fused-ring (bicyclic) bond motifs is 1. The first kappa shape index (κ1) is 8.72. The van der Waals surface area contributed by atoms with Crippen LogP contribution in [0, 0.1) is 0 Å². The Kier molecular flexibility index (Phi) is 2.05. The van der Waals surface area contributed by atoms with Crippen LogP contribution in [0.4, 0.5) is 0 Å². The van der Waals surface area contributed by atoms with Crippen LogP contribution >= 0.6 is 0 Å². The molecule has 1 aliphatic rings. The van der Waals surface area contributed by atoms with E-state index in [1.807, 2.05) is 12.4 Å². The number of hydrogen-bond acceptors (Lipinski definition) is 1. The van der Waals surface area contributed by atoms with Crippen LogP contribution in [0.5, 0.6) is 0 Å². The van der Waals surface area contributed by atoms with Crippen LogP contribution in [0.2, 0.25) is 0 Å². The summed E-state index contributed by atoms with van der Waals surface area (Å²) in [7, 11) is 0. The minimum Gasteiger partial charge on any atom is -0.334 e. The third-order valence-electron chi connectivity index (χ3n) is 3.06. The van der Waals surface area contributed by atoms with Gasteiger partial charge >= 0.3 is 0 Å². The van der Waals surface area contributed by atoms with E-state index in [1.54, 1.807) is 0 Å². The van der Waals surface area contributed by atoms with Crippen LogP contribution in [0.15, 0.2) is 36.7 Å². The minimum atomic E-state index is 1.13. The Morgan fingerprint density at radius 2 is 1.93 bits per heavy atom. The summed E-state index contributed by atoms with van der Waals surface area (Å²) in [6, 6.07) is 10.5. The number of aryl methyl sites for hydroxylation is 1. The van der Waals surface area contributed by atoms with E-state index in [2.05, 4.69) is 33.8 Å². The molecule has 1 aromatic carbocycles. The third kappa shape index (κ3) is 1.46. The van der Waals surface area contributed by atoms with Gasteiger partial charge in [0.25, 0.3) is 0 Å². The first-order valence-electron chi connectivity index (χ1n) is 5.54. The lowest BCUT2D eigenvalue weighted by atomic mass is 10.0. The van der Waals surface area contributed by atoms with Crippen molar-refractivity contribution in [2.45, 2.75) is 25.8 Å². The van der Waals surface area contributed by atoms with Gasteiger partial charge < -0.3 is 4.57 Å². The van der Waals surface area contributed by atoms with Crippen LogP contribution in [0.3, 0.4) is 0 Å². The van der Waals surface area contributed by atoms with Crippen LogP contribution in [0.1, 0.15) is 18.5 Å². The lowest BCUT2D eigenvalue weighted by molar-refractivity contribution is 0.533. The Morgan fingerprint density at radius 3 is 2.80 bits per heavy atom. The molecule has 0 atom stereocenters. The second-order valence-electron chi connectivity index (χ2n) is 4.06. The molecule has 0 aliphatic carbocycles. The van der Waals surface area contributed by atoms with Crippen molar-refractivity contribution in [3.63, 3.8) is 0 Å². The molecular weight excluding hydrogens is 184 g/mol. The highest BCUT2D eigenvalue weighted by molar-refractivity contribution is 5.61. The van der Waals surface area contributed by atoms with Gasteiger partial charge in [0.05, 0.1) is 12.0 Å². The maximum absolute atomic E-state index is 4.53. The zero-order chi connectivity index (χ0) is 10.1. The van der Waals surface area contributed by atoms with Gasteiger partial charge in [0.15, 0.2) is 0 Å². The molecule has 2 heterocycles. The Balaban J connectivity index is 2.09.